The lowest BCUT2D eigenvalue weighted by atomic mass is 9.78. The summed E-state index contributed by atoms with van der Waals surface area (Å²) < 4.78 is 9.81. The lowest BCUT2D eigenvalue weighted by Gasteiger charge is -2.25. The van der Waals surface area contributed by atoms with Crippen LogP contribution in [0.25, 0.3) is 0 Å². The van der Waals surface area contributed by atoms with Crippen molar-refractivity contribution in [2.75, 3.05) is 13.7 Å². The van der Waals surface area contributed by atoms with Gasteiger partial charge in [0.1, 0.15) is 0 Å². The number of nitrogens with zero attached hydrogens (tertiary/aromatic N) is 2. The number of methoxy groups -OCH3 is 1. The summed E-state index contributed by atoms with van der Waals surface area (Å²) in [5.41, 5.74) is 0.287. The molecule has 168 valence electrons. The van der Waals surface area contributed by atoms with Gasteiger partial charge in [0.15, 0.2) is 0 Å². The fraction of sp³-hybridized carbons (Fsp3) is 0.273. The molecule has 0 heterocycles. The first-order chi connectivity index (χ1) is 15.3. The highest BCUT2D eigenvalue weighted by Gasteiger charge is 2.35. The second-order valence-corrected chi connectivity index (χ2v) is 6.66. The van der Waals surface area contributed by atoms with E-state index in [0.717, 1.165) is 0 Å². The predicted octanol–water partition coefficient (Wildman–Crippen LogP) is 4.05. The van der Waals surface area contributed by atoms with E-state index >= 15 is 0 Å². The van der Waals surface area contributed by atoms with Crippen LogP contribution in [0.15, 0.2) is 60.7 Å². The molecule has 0 fully saturated rings. The van der Waals surface area contributed by atoms with Crippen LogP contribution >= 0.6 is 0 Å². The van der Waals surface area contributed by atoms with E-state index in [2.05, 4.69) is 0 Å². The molecular weight excluding hydrogens is 420 g/mol. The smallest absolute Gasteiger partial charge is 0.330 e. The first kappa shape index (κ1) is 24.2. The molecule has 10 heteroatoms. The highest BCUT2D eigenvalue weighted by molar-refractivity contribution is 5.82. The summed E-state index contributed by atoms with van der Waals surface area (Å²) >= 11 is 0. The molecule has 0 bridgehead atoms. The number of nitro groups is 2. The Hall–Kier alpha value is -4.08. The van der Waals surface area contributed by atoms with Gasteiger partial charge in [-0.1, -0.05) is 36.4 Å². The van der Waals surface area contributed by atoms with Crippen LogP contribution in [-0.4, -0.2) is 35.5 Å². The molecule has 0 aromatic heterocycles. The molecule has 0 amide bonds. The second-order valence-electron chi connectivity index (χ2n) is 6.66. The molecular formula is C22H22N2O8. The fourth-order valence-electron chi connectivity index (χ4n) is 3.37. The summed E-state index contributed by atoms with van der Waals surface area (Å²) in [6, 6.07) is 11.3. The van der Waals surface area contributed by atoms with Gasteiger partial charge >= 0.3 is 11.9 Å². The van der Waals surface area contributed by atoms with Gasteiger partial charge in [-0.2, -0.15) is 0 Å². The van der Waals surface area contributed by atoms with Crippen LogP contribution in [0.4, 0.5) is 11.4 Å². The minimum absolute atomic E-state index is 0.0699. The Morgan fingerprint density at radius 2 is 1.69 bits per heavy atom. The zero-order valence-electron chi connectivity index (χ0n) is 17.5. The van der Waals surface area contributed by atoms with Crippen LogP contribution in [0, 0.1) is 20.2 Å². The summed E-state index contributed by atoms with van der Waals surface area (Å²) in [7, 11) is 1.19. The fourth-order valence-corrected chi connectivity index (χ4v) is 3.37. The van der Waals surface area contributed by atoms with Crippen molar-refractivity contribution in [3.8, 4) is 0 Å². The van der Waals surface area contributed by atoms with Gasteiger partial charge in [0.25, 0.3) is 11.4 Å². The normalized spacial score (nSPS) is 12.7. The van der Waals surface area contributed by atoms with Gasteiger partial charge in [-0.15, -0.1) is 0 Å². The van der Waals surface area contributed by atoms with Crippen molar-refractivity contribution < 1.29 is 28.9 Å². The molecule has 2 atom stereocenters. The quantitative estimate of drug-likeness (QED) is 0.232. The molecule has 0 aliphatic rings. The third-order valence-corrected chi connectivity index (χ3v) is 4.78. The van der Waals surface area contributed by atoms with Crippen LogP contribution in [-0.2, 0) is 19.1 Å². The maximum atomic E-state index is 12.8. The molecule has 0 saturated carbocycles. The summed E-state index contributed by atoms with van der Waals surface area (Å²) in [4.78, 5) is 46.0. The van der Waals surface area contributed by atoms with E-state index in [0.29, 0.717) is 5.56 Å². The molecule has 0 saturated heterocycles. The molecule has 0 aliphatic heterocycles. The molecule has 0 spiro atoms. The van der Waals surface area contributed by atoms with Gasteiger partial charge in [0.2, 0.25) is 0 Å². The first-order valence-corrected chi connectivity index (χ1v) is 9.68. The van der Waals surface area contributed by atoms with Crippen molar-refractivity contribution in [1.82, 2.24) is 0 Å². The summed E-state index contributed by atoms with van der Waals surface area (Å²) in [5.74, 6) is -3.07. The molecule has 0 aliphatic carbocycles. The van der Waals surface area contributed by atoms with Crippen molar-refractivity contribution in [2.45, 2.75) is 25.2 Å². The van der Waals surface area contributed by atoms with Gasteiger partial charge in [-0.05, 0) is 18.9 Å². The maximum Gasteiger partial charge on any atom is 0.330 e. The lowest BCUT2D eigenvalue weighted by molar-refractivity contribution is -0.385. The number of hydrogen-bond acceptors (Lipinski definition) is 8. The van der Waals surface area contributed by atoms with E-state index in [9.17, 15) is 29.8 Å². The van der Waals surface area contributed by atoms with Gasteiger partial charge < -0.3 is 9.47 Å². The molecule has 10 nitrogen and oxygen atoms in total. The minimum atomic E-state index is -1.02. The Morgan fingerprint density at radius 1 is 1.03 bits per heavy atom. The van der Waals surface area contributed by atoms with Crippen LogP contribution in [0.5, 0.6) is 0 Å². The minimum Gasteiger partial charge on any atom is -0.469 e. The Kier molecular flexibility index (Phi) is 8.58. The summed E-state index contributed by atoms with van der Waals surface area (Å²) in [6.07, 6.45) is 2.73. The maximum absolute atomic E-state index is 12.8. The van der Waals surface area contributed by atoms with Crippen molar-refractivity contribution >= 4 is 23.3 Å². The monoisotopic (exact) mass is 442 g/mol. The number of non-ortho nitro benzene ring substituents is 1. The molecule has 0 N–H and O–H groups in total. The summed E-state index contributed by atoms with van der Waals surface area (Å²) in [6.45, 7) is 1.84. The number of nitro benzene ring substituents is 2. The topological polar surface area (TPSA) is 139 Å². The van der Waals surface area contributed by atoms with Gasteiger partial charge in [-0.25, -0.2) is 4.79 Å². The number of carbonyl (C=O) groups excluding carboxylic acids is 2. The molecule has 2 rings (SSSR count). The molecule has 2 unspecified atom stereocenters. The van der Waals surface area contributed by atoms with E-state index in [1.807, 2.05) is 0 Å². The highest BCUT2D eigenvalue weighted by atomic mass is 16.6. The number of carbonyl (C=O) groups is 2. The highest BCUT2D eigenvalue weighted by Crippen LogP contribution is 2.41. The number of allylic oxidation sites excluding steroid dienone is 1. The van der Waals surface area contributed by atoms with Gasteiger partial charge in [0.05, 0.1) is 29.5 Å². The number of ether oxygens (including phenoxy) is 2. The molecule has 32 heavy (non-hydrogen) atoms. The zero-order chi connectivity index (χ0) is 23.7. The second kappa shape index (κ2) is 11.3. The molecule has 2 aromatic rings. The van der Waals surface area contributed by atoms with Crippen molar-refractivity contribution in [1.29, 1.82) is 0 Å². The number of hydrogen-bond donors (Lipinski definition) is 0. The number of esters is 2. The Balaban J connectivity index is 2.59. The average Bonchev–Trinajstić information content (AvgIpc) is 2.78. The van der Waals surface area contributed by atoms with Crippen molar-refractivity contribution in [2.24, 2.45) is 0 Å². The van der Waals surface area contributed by atoms with E-state index in [1.54, 1.807) is 13.0 Å². The lowest BCUT2D eigenvalue weighted by Crippen LogP contribution is -2.22. The molecule has 0 radical (unpaired) electrons. The van der Waals surface area contributed by atoms with E-state index < -0.39 is 33.6 Å². The van der Waals surface area contributed by atoms with Gasteiger partial charge in [-0.3, -0.25) is 25.0 Å². The Labute approximate surface area is 183 Å². The van der Waals surface area contributed by atoms with Crippen LogP contribution in [0.3, 0.4) is 0 Å². The number of rotatable bonds is 10. The van der Waals surface area contributed by atoms with E-state index in [1.165, 1.54) is 61.7 Å². The third kappa shape index (κ3) is 5.97. The largest absolute Gasteiger partial charge is 0.469 e. The molecule has 2 aromatic carbocycles. The number of benzene rings is 2. The Bertz CT molecular complexity index is 1020. The third-order valence-electron chi connectivity index (χ3n) is 4.78. The zero-order valence-corrected chi connectivity index (χ0v) is 17.5. The standard InChI is InChI=1S/C22H22N2O8/c1-3-32-20(25)10-6-8-18(17-7-4-5-9-19(17)24(29)30)21(22(26)31-2)15-11-13-16(14-12-15)23(27)28/h4-7,9-14,18,21H,3,8H2,1-2H3/b10-6+. The van der Waals surface area contributed by atoms with E-state index in [-0.39, 0.29) is 30.0 Å². The number of para-hydroxylation sites is 1. The SMILES string of the molecule is CCOC(=O)/C=C/CC(c1ccccc1[N+](=O)[O-])C(C(=O)OC)c1ccc([N+](=O)[O-])cc1. The van der Waals surface area contributed by atoms with Crippen LogP contribution in [0.1, 0.15) is 36.3 Å². The first-order valence-electron chi connectivity index (χ1n) is 9.68. The Morgan fingerprint density at radius 3 is 2.25 bits per heavy atom. The van der Waals surface area contributed by atoms with Gasteiger partial charge in [0, 0.05) is 35.8 Å². The predicted molar refractivity (Wildman–Crippen MR) is 114 cm³/mol. The van der Waals surface area contributed by atoms with Crippen LogP contribution in [0.2, 0.25) is 0 Å². The van der Waals surface area contributed by atoms with Crippen molar-refractivity contribution in [3.05, 3.63) is 92.0 Å². The van der Waals surface area contributed by atoms with E-state index in [4.69, 9.17) is 9.47 Å². The van der Waals surface area contributed by atoms with Crippen LogP contribution < -0.4 is 0 Å². The van der Waals surface area contributed by atoms with Crippen molar-refractivity contribution in [3.63, 3.8) is 0 Å². The summed E-state index contributed by atoms with van der Waals surface area (Å²) in [5, 5.41) is 22.6. The average molecular weight is 442 g/mol.